The highest BCUT2D eigenvalue weighted by atomic mass is 19.1. The Morgan fingerprint density at radius 2 is 1.60 bits per heavy atom. The summed E-state index contributed by atoms with van der Waals surface area (Å²) in [4.78, 5) is 4.70. The molecule has 1 fully saturated rings. The summed E-state index contributed by atoms with van der Waals surface area (Å²) in [6.45, 7) is 6.86. The zero-order valence-electron chi connectivity index (χ0n) is 11.8. The smallest absolute Gasteiger partial charge is 0.123 e. The lowest BCUT2D eigenvalue weighted by Gasteiger charge is -2.34. The van der Waals surface area contributed by atoms with Crippen LogP contribution in [0.5, 0.6) is 5.75 Å². The number of aliphatic hydroxyl groups is 1. The molecule has 0 amide bonds. The van der Waals surface area contributed by atoms with Gasteiger partial charge in [0.15, 0.2) is 0 Å². The van der Waals surface area contributed by atoms with Crippen molar-refractivity contribution < 1.29 is 14.2 Å². The maximum Gasteiger partial charge on any atom is 0.123 e. The van der Waals surface area contributed by atoms with Gasteiger partial charge >= 0.3 is 0 Å². The molecule has 1 aliphatic rings. The molecule has 0 radical (unpaired) electrons. The molecule has 2 rings (SSSR count). The molecule has 0 atom stereocenters. The van der Waals surface area contributed by atoms with Crippen LogP contribution in [0, 0.1) is 5.82 Å². The summed E-state index contributed by atoms with van der Waals surface area (Å²) < 4.78 is 18.3. The van der Waals surface area contributed by atoms with Gasteiger partial charge in [-0.3, -0.25) is 4.90 Å². The van der Waals surface area contributed by atoms with Crippen LogP contribution in [0.3, 0.4) is 0 Å². The number of benzene rings is 1. The molecule has 0 aromatic heterocycles. The quantitative estimate of drug-likeness (QED) is 0.763. The highest BCUT2D eigenvalue weighted by Gasteiger charge is 2.15. The van der Waals surface area contributed by atoms with Crippen LogP contribution in [0.4, 0.5) is 4.39 Å². The molecule has 1 heterocycles. The number of nitrogens with zero attached hydrogens (tertiary/aromatic N) is 2. The number of ether oxygens (including phenoxy) is 1. The topological polar surface area (TPSA) is 35.9 Å². The fourth-order valence-corrected chi connectivity index (χ4v) is 2.39. The van der Waals surface area contributed by atoms with E-state index in [0.29, 0.717) is 6.61 Å². The molecule has 0 aliphatic carbocycles. The Bertz CT molecular complexity index is 378. The molecule has 20 heavy (non-hydrogen) atoms. The van der Waals surface area contributed by atoms with Gasteiger partial charge in [0.25, 0.3) is 0 Å². The van der Waals surface area contributed by atoms with Gasteiger partial charge in [0.2, 0.25) is 0 Å². The van der Waals surface area contributed by atoms with E-state index in [1.54, 1.807) is 12.1 Å². The van der Waals surface area contributed by atoms with Crippen molar-refractivity contribution in [3.63, 3.8) is 0 Å². The van der Waals surface area contributed by atoms with Gasteiger partial charge < -0.3 is 14.7 Å². The van der Waals surface area contributed by atoms with E-state index in [-0.39, 0.29) is 12.4 Å². The predicted molar refractivity (Wildman–Crippen MR) is 76.5 cm³/mol. The van der Waals surface area contributed by atoms with E-state index in [1.807, 2.05) is 0 Å². The molecule has 1 aliphatic heterocycles. The molecule has 0 unspecified atom stereocenters. The van der Waals surface area contributed by atoms with Crippen LogP contribution in [0.15, 0.2) is 24.3 Å². The van der Waals surface area contributed by atoms with Crippen molar-refractivity contribution in [2.24, 2.45) is 0 Å². The van der Waals surface area contributed by atoms with E-state index in [1.165, 1.54) is 12.1 Å². The number of halogens is 1. The van der Waals surface area contributed by atoms with Gasteiger partial charge in [0.05, 0.1) is 13.2 Å². The predicted octanol–water partition coefficient (Wildman–Crippen LogP) is 1.20. The first-order valence-electron chi connectivity index (χ1n) is 7.22. The van der Waals surface area contributed by atoms with Crippen molar-refractivity contribution in [1.82, 2.24) is 9.80 Å². The molecule has 0 bridgehead atoms. The summed E-state index contributed by atoms with van der Waals surface area (Å²) in [7, 11) is 0. The highest BCUT2D eigenvalue weighted by molar-refractivity contribution is 5.21. The largest absolute Gasteiger partial charge is 0.494 e. The van der Waals surface area contributed by atoms with Crippen molar-refractivity contribution in [3.05, 3.63) is 30.1 Å². The zero-order valence-corrected chi connectivity index (χ0v) is 11.8. The normalized spacial score (nSPS) is 17.3. The van der Waals surface area contributed by atoms with Crippen LogP contribution in [-0.2, 0) is 0 Å². The Hall–Kier alpha value is -1.17. The van der Waals surface area contributed by atoms with Crippen LogP contribution in [0.25, 0.3) is 0 Å². The summed E-state index contributed by atoms with van der Waals surface area (Å²) in [6, 6.07) is 6.14. The minimum atomic E-state index is -0.238. The Labute approximate surface area is 119 Å². The van der Waals surface area contributed by atoms with E-state index in [4.69, 9.17) is 9.84 Å². The molecular formula is C15H23FN2O2. The molecule has 1 saturated heterocycles. The average Bonchev–Trinajstić information content (AvgIpc) is 2.47. The van der Waals surface area contributed by atoms with Crippen molar-refractivity contribution in [3.8, 4) is 5.75 Å². The Balaban J connectivity index is 1.56. The average molecular weight is 282 g/mol. The maximum atomic E-state index is 12.7. The Morgan fingerprint density at radius 1 is 1.00 bits per heavy atom. The number of hydrogen-bond acceptors (Lipinski definition) is 4. The summed E-state index contributed by atoms with van der Waals surface area (Å²) >= 11 is 0. The fraction of sp³-hybridized carbons (Fsp3) is 0.600. The van der Waals surface area contributed by atoms with Gasteiger partial charge in [0, 0.05) is 39.3 Å². The lowest BCUT2D eigenvalue weighted by atomic mass is 10.3. The number of aliphatic hydroxyl groups excluding tert-OH is 1. The summed E-state index contributed by atoms with van der Waals surface area (Å²) in [5, 5.41) is 8.89. The molecule has 0 spiro atoms. The fourth-order valence-electron chi connectivity index (χ4n) is 2.39. The number of piperazine rings is 1. The van der Waals surface area contributed by atoms with Crippen LogP contribution in [-0.4, -0.2) is 67.4 Å². The molecule has 1 N–H and O–H groups in total. The molecule has 112 valence electrons. The van der Waals surface area contributed by atoms with Gasteiger partial charge in [-0.15, -0.1) is 0 Å². The highest BCUT2D eigenvalue weighted by Crippen LogP contribution is 2.11. The third kappa shape index (κ3) is 5.07. The van der Waals surface area contributed by atoms with Crippen molar-refractivity contribution >= 4 is 0 Å². The monoisotopic (exact) mass is 282 g/mol. The second-order valence-corrected chi connectivity index (χ2v) is 5.06. The van der Waals surface area contributed by atoms with Gasteiger partial charge in [-0.1, -0.05) is 0 Å². The lowest BCUT2D eigenvalue weighted by molar-refractivity contribution is 0.108. The first-order valence-corrected chi connectivity index (χ1v) is 7.22. The SMILES string of the molecule is OCCN1CCN(CCCOc2ccc(F)cc2)CC1. The Morgan fingerprint density at radius 3 is 2.20 bits per heavy atom. The minimum absolute atomic E-state index is 0.238. The summed E-state index contributed by atoms with van der Waals surface area (Å²) in [5.74, 6) is 0.484. The van der Waals surface area contributed by atoms with E-state index in [0.717, 1.165) is 51.4 Å². The second-order valence-electron chi connectivity index (χ2n) is 5.06. The van der Waals surface area contributed by atoms with E-state index in [9.17, 15) is 4.39 Å². The van der Waals surface area contributed by atoms with Crippen molar-refractivity contribution in [2.75, 3.05) is 52.5 Å². The first kappa shape index (κ1) is 15.2. The van der Waals surface area contributed by atoms with Gasteiger partial charge in [-0.2, -0.15) is 0 Å². The molecule has 0 saturated carbocycles. The van der Waals surface area contributed by atoms with E-state index in [2.05, 4.69) is 9.80 Å². The third-order valence-corrected chi connectivity index (χ3v) is 3.58. The number of rotatable bonds is 7. The van der Waals surface area contributed by atoms with Gasteiger partial charge in [-0.05, 0) is 30.7 Å². The minimum Gasteiger partial charge on any atom is -0.494 e. The van der Waals surface area contributed by atoms with Crippen LogP contribution in [0.1, 0.15) is 6.42 Å². The molecule has 4 nitrogen and oxygen atoms in total. The molecule has 1 aromatic carbocycles. The lowest BCUT2D eigenvalue weighted by Crippen LogP contribution is -2.47. The summed E-state index contributed by atoms with van der Waals surface area (Å²) in [6.07, 6.45) is 0.970. The standard InChI is InChI=1S/C15H23FN2O2/c16-14-2-4-15(5-3-14)20-13-1-6-17-7-9-18(10-8-17)11-12-19/h2-5,19H,1,6-13H2. The van der Waals surface area contributed by atoms with Gasteiger partial charge in [-0.25, -0.2) is 4.39 Å². The van der Waals surface area contributed by atoms with E-state index >= 15 is 0 Å². The zero-order chi connectivity index (χ0) is 14.2. The Kier molecular flexibility index (Phi) is 6.24. The van der Waals surface area contributed by atoms with Crippen LogP contribution < -0.4 is 4.74 Å². The maximum absolute atomic E-state index is 12.7. The second kappa shape index (κ2) is 8.19. The third-order valence-electron chi connectivity index (χ3n) is 3.58. The van der Waals surface area contributed by atoms with E-state index < -0.39 is 0 Å². The van der Waals surface area contributed by atoms with Crippen LogP contribution in [0.2, 0.25) is 0 Å². The van der Waals surface area contributed by atoms with Crippen molar-refractivity contribution in [1.29, 1.82) is 0 Å². The first-order chi connectivity index (χ1) is 9.78. The molecule has 5 heteroatoms. The summed E-state index contributed by atoms with van der Waals surface area (Å²) in [5.41, 5.74) is 0. The molecule has 1 aromatic rings. The van der Waals surface area contributed by atoms with Gasteiger partial charge in [0.1, 0.15) is 11.6 Å². The van der Waals surface area contributed by atoms with Crippen LogP contribution >= 0.6 is 0 Å². The molecular weight excluding hydrogens is 259 g/mol. The number of hydrogen-bond donors (Lipinski definition) is 1. The van der Waals surface area contributed by atoms with Crippen molar-refractivity contribution in [2.45, 2.75) is 6.42 Å². The number of β-amino-alcohol motifs (C(OH)–C–C–N with tert-alkyl or cyclic N) is 1.